The van der Waals surface area contributed by atoms with E-state index < -0.39 is 0 Å². The SMILES string of the molecule is CC1(C)c2ccccc2-c2ccc(-c3ccc(N(c4ccc(-c5cccc6ccccc56)cc4)c4ccccc4-c4ccc5c(c4)sc4ccccc45)cc3)cc21. The first-order valence-corrected chi connectivity index (χ1v) is 20.6. The quantitative estimate of drug-likeness (QED) is 0.164. The van der Waals surface area contributed by atoms with Crippen LogP contribution < -0.4 is 4.90 Å². The van der Waals surface area contributed by atoms with E-state index in [2.05, 4.69) is 219 Å². The molecule has 0 bridgehead atoms. The normalized spacial score (nSPS) is 12.9. The van der Waals surface area contributed by atoms with Crippen LogP contribution in [0.1, 0.15) is 25.0 Å². The Balaban J connectivity index is 1.03. The van der Waals surface area contributed by atoms with Crippen LogP contribution in [0.3, 0.4) is 0 Å². The molecule has 1 nitrogen and oxygen atoms in total. The van der Waals surface area contributed by atoms with Gasteiger partial charge < -0.3 is 4.90 Å². The fraction of sp³-hybridized carbons (Fsp3) is 0.0545. The second-order valence-corrected chi connectivity index (χ2v) is 16.8. The molecule has 1 aliphatic rings. The van der Waals surface area contributed by atoms with Gasteiger partial charge in [0, 0.05) is 42.5 Å². The molecule has 1 aromatic heterocycles. The molecule has 0 saturated carbocycles. The van der Waals surface area contributed by atoms with Gasteiger partial charge in [-0.15, -0.1) is 11.3 Å². The van der Waals surface area contributed by atoms with Crippen molar-refractivity contribution in [3.8, 4) is 44.5 Å². The average molecular weight is 746 g/mol. The van der Waals surface area contributed by atoms with E-state index in [0.717, 1.165) is 17.1 Å². The van der Waals surface area contributed by atoms with Crippen LogP contribution in [0.5, 0.6) is 0 Å². The van der Waals surface area contributed by atoms with E-state index in [1.807, 2.05) is 11.3 Å². The minimum Gasteiger partial charge on any atom is -0.310 e. The summed E-state index contributed by atoms with van der Waals surface area (Å²) < 4.78 is 2.63. The first-order chi connectivity index (χ1) is 28.0. The molecule has 0 amide bonds. The highest BCUT2D eigenvalue weighted by atomic mass is 32.1. The van der Waals surface area contributed by atoms with Gasteiger partial charge in [-0.2, -0.15) is 0 Å². The van der Waals surface area contributed by atoms with Crippen molar-refractivity contribution in [1.82, 2.24) is 0 Å². The first kappa shape index (κ1) is 33.6. The van der Waals surface area contributed by atoms with E-state index in [9.17, 15) is 0 Å². The molecule has 10 aromatic rings. The third-order valence-corrected chi connectivity index (χ3v) is 13.2. The summed E-state index contributed by atoms with van der Waals surface area (Å²) in [5, 5.41) is 5.15. The minimum atomic E-state index is -0.0422. The van der Waals surface area contributed by atoms with Crippen molar-refractivity contribution in [3.05, 3.63) is 211 Å². The van der Waals surface area contributed by atoms with E-state index >= 15 is 0 Å². The number of hydrogen-bond donors (Lipinski definition) is 0. The van der Waals surface area contributed by atoms with Crippen LogP contribution in [0.2, 0.25) is 0 Å². The number of anilines is 3. The zero-order chi connectivity index (χ0) is 38.1. The number of hydrogen-bond acceptors (Lipinski definition) is 2. The molecule has 0 aliphatic heterocycles. The molecule has 0 N–H and O–H groups in total. The average Bonchev–Trinajstić information content (AvgIpc) is 3.75. The van der Waals surface area contributed by atoms with Crippen molar-refractivity contribution >= 4 is 59.3 Å². The standard InChI is InChI=1S/C55H39NS/c1-55(2)50-19-8-5-16-46(50)47-32-26-39(34-51(47)55)36-22-28-41(29-23-36)56(42-30-24-38(25-31-42)44-18-11-13-37-12-3-4-14-43(37)44)52-20-9-6-15-45(52)40-27-33-49-48-17-7-10-21-53(48)57-54(49)35-40/h3-35H,1-2H3. The Morgan fingerprint density at radius 3 is 1.77 bits per heavy atom. The molecule has 0 saturated heterocycles. The van der Waals surface area contributed by atoms with Gasteiger partial charge in [0.2, 0.25) is 0 Å². The van der Waals surface area contributed by atoms with Gasteiger partial charge in [0.15, 0.2) is 0 Å². The van der Waals surface area contributed by atoms with Crippen LogP contribution in [0.4, 0.5) is 17.1 Å². The van der Waals surface area contributed by atoms with Gasteiger partial charge in [0.1, 0.15) is 0 Å². The molecule has 0 unspecified atom stereocenters. The topological polar surface area (TPSA) is 3.24 Å². The third-order valence-electron chi connectivity index (χ3n) is 12.1. The van der Waals surface area contributed by atoms with E-state index in [-0.39, 0.29) is 5.41 Å². The van der Waals surface area contributed by atoms with Gasteiger partial charge in [-0.3, -0.25) is 0 Å². The molecule has 0 atom stereocenters. The Hall–Kier alpha value is -6.74. The first-order valence-electron chi connectivity index (χ1n) is 19.8. The van der Waals surface area contributed by atoms with Crippen LogP contribution >= 0.6 is 11.3 Å². The Morgan fingerprint density at radius 1 is 0.368 bits per heavy atom. The Kier molecular flexibility index (Phi) is 7.77. The second-order valence-electron chi connectivity index (χ2n) is 15.7. The largest absolute Gasteiger partial charge is 0.310 e. The summed E-state index contributed by atoms with van der Waals surface area (Å²) >= 11 is 1.87. The number of thiophene rings is 1. The molecular weight excluding hydrogens is 707 g/mol. The molecule has 1 aliphatic carbocycles. The molecule has 9 aromatic carbocycles. The van der Waals surface area contributed by atoms with Crippen molar-refractivity contribution in [2.24, 2.45) is 0 Å². The van der Waals surface area contributed by atoms with E-state index in [0.29, 0.717) is 0 Å². The van der Waals surface area contributed by atoms with Crippen molar-refractivity contribution < 1.29 is 0 Å². The van der Waals surface area contributed by atoms with Gasteiger partial charge in [0.05, 0.1) is 5.69 Å². The van der Waals surface area contributed by atoms with Gasteiger partial charge in [0.25, 0.3) is 0 Å². The second kappa shape index (κ2) is 13.2. The monoisotopic (exact) mass is 745 g/mol. The maximum absolute atomic E-state index is 2.42. The molecule has 1 heterocycles. The fourth-order valence-corrected chi connectivity index (χ4v) is 10.3. The van der Waals surface area contributed by atoms with Gasteiger partial charge in [-0.05, 0) is 109 Å². The van der Waals surface area contributed by atoms with Crippen molar-refractivity contribution in [1.29, 1.82) is 0 Å². The summed E-state index contributed by atoms with van der Waals surface area (Å²) in [7, 11) is 0. The zero-order valence-electron chi connectivity index (χ0n) is 31.9. The Bertz CT molecular complexity index is 3140. The fourth-order valence-electron chi connectivity index (χ4n) is 9.19. The summed E-state index contributed by atoms with van der Waals surface area (Å²) in [5.41, 5.74) is 16.1. The predicted octanol–water partition coefficient (Wildman–Crippen LogP) is 16.0. The summed E-state index contributed by atoms with van der Waals surface area (Å²) in [6, 6.07) is 73.9. The highest BCUT2D eigenvalue weighted by Gasteiger charge is 2.35. The Morgan fingerprint density at radius 2 is 0.947 bits per heavy atom. The van der Waals surface area contributed by atoms with Crippen LogP contribution in [-0.4, -0.2) is 0 Å². The summed E-state index contributed by atoms with van der Waals surface area (Å²) in [4.78, 5) is 2.42. The lowest BCUT2D eigenvalue weighted by molar-refractivity contribution is 0.660. The van der Waals surface area contributed by atoms with E-state index in [4.69, 9.17) is 0 Å². The number of para-hydroxylation sites is 1. The van der Waals surface area contributed by atoms with Crippen molar-refractivity contribution in [3.63, 3.8) is 0 Å². The smallest absolute Gasteiger partial charge is 0.0540 e. The van der Waals surface area contributed by atoms with Crippen LogP contribution in [0, 0.1) is 0 Å². The highest BCUT2D eigenvalue weighted by Crippen LogP contribution is 2.50. The van der Waals surface area contributed by atoms with Crippen molar-refractivity contribution in [2.75, 3.05) is 4.90 Å². The van der Waals surface area contributed by atoms with Gasteiger partial charge in [-0.1, -0.05) is 166 Å². The lowest BCUT2D eigenvalue weighted by Crippen LogP contribution is -2.14. The lowest BCUT2D eigenvalue weighted by atomic mass is 9.81. The highest BCUT2D eigenvalue weighted by molar-refractivity contribution is 7.25. The van der Waals surface area contributed by atoms with Crippen molar-refractivity contribution in [2.45, 2.75) is 19.3 Å². The van der Waals surface area contributed by atoms with Crippen LogP contribution in [0.15, 0.2) is 200 Å². The maximum atomic E-state index is 2.42. The molecule has 0 spiro atoms. The van der Waals surface area contributed by atoms with E-state index in [1.165, 1.54) is 86.6 Å². The number of fused-ring (bicyclic) bond motifs is 7. The molecule has 2 heteroatoms. The Labute approximate surface area is 337 Å². The summed E-state index contributed by atoms with van der Waals surface area (Å²) in [6.45, 7) is 4.70. The zero-order valence-corrected chi connectivity index (χ0v) is 32.7. The summed E-state index contributed by atoms with van der Waals surface area (Å²) in [5.74, 6) is 0. The molecular formula is C55H39NS. The third kappa shape index (κ3) is 5.51. The molecule has 270 valence electrons. The lowest BCUT2D eigenvalue weighted by Gasteiger charge is -2.28. The summed E-state index contributed by atoms with van der Waals surface area (Å²) in [6.07, 6.45) is 0. The number of rotatable bonds is 6. The van der Waals surface area contributed by atoms with E-state index in [1.54, 1.807) is 0 Å². The van der Waals surface area contributed by atoms with Crippen LogP contribution in [0.25, 0.3) is 75.5 Å². The number of nitrogens with zero attached hydrogens (tertiary/aromatic N) is 1. The molecule has 0 fully saturated rings. The molecule has 11 rings (SSSR count). The predicted molar refractivity (Wildman–Crippen MR) is 245 cm³/mol. The van der Waals surface area contributed by atoms with Gasteiger partial charge >= 0.3 is 0 Å². The number of benzene rings is 9. The maximum Gasteiger partial charge on any atom is 0.0540 e. The molecule has 0 radical (unpaired) electrons. The van der Waals surface area contributed by atoms with Crippen LogP contribution in [-0.2, 0) is 5.41 Å². The molecule has 57 heavy (non-hydrogen) atoms. The minimum absolute atomic E-state index is 0.0422. The van der Waals surface area contributed by atoms with Gasteiger partial charge in [-0.25, -0.2) is 0 Å².